The maximum atomic E-state index is 6.12. The van der Waals surface area contributed by atoms with Crippen LogP contribution in [0.25, 0.3) is 0 Å². The molecule has 1 saturated carbocycles. The van der Waals surface area contributed by atoms with Crippen LogP contribution in [0.5, 0.6) is 0 Å². The summed E-state index contributed by atoms with van der Waals surface area (Å²) in [5.74, 6) is 0.726. The van der Waals surface area contributed by atoms with Crippen LogP contribution < -0.4 is 5.73 Å². The van der Waals surface area contributed by atoms with Crippen molar-refractivity contribution in [3.63, 3.8) is 0 Å². The van der Waals surface area contributed by atoms with E-state index in [1.165, 1.54) is 24.1 Å². The van der Waals surface area contributed by atoms with Gasteiger partial charge in [-0.2, -0.15) is 0 Å². The lowest BCUT2D eigenvalue weighted by Crippen LogP contribution is -2.26. The van der Waals surface area contributed by atoms with E-state index in [0.29, 0.717) is 0 Å². The molecule has 0 aromatic carbocycles. The van der Waals surface area contributed by atoms with E-state index in [2.05, 4.69) is 4.98 Å². The predicted octanol–water partition coefficient (Wildman–Crippen LogP) is 2.25. The SMILES string of the molecule is Cc1ncsc1C(N)C1CCC1. The van der Waals surface area contributed by atoms with Crippen LogP contribution in [0.2, 0.25) is 0 Å². The maximum absolute atomic E-state index is 6.12. The van der Waals surface area contributed by atoms with E-state index in [-0.39, 0.29) is 6.04 Å². The first-order chi connectivity index (χ1) is 5.79. The Morgan fingerprint density at radius 1 is 1.67 bits per heavy atom. The lowest BCUT2D eigenvalue weighted by Gasteiger charge is -2.30. The summed E-state index contributed by atoms with van der Waals surface area (Å²) >= 11 is 1.70. The third-order valence-electron chi connectivity index (χ3n) is 2.74. The number of hydrogen-bond donors (Lipinski definition) is 1. The molecular weight excluding hydrogens is 168 g/mol. The Balaban J connectivity index is 2.13. The number of hydrogen-bond acceptors (Lipinski definition) is 3. The summed E-state index contributed by atoms with van der Waals surface area (Å²) in [5.41, 5.74) is 9.13. The van der Waals surface area contributed by atoms with E-state index in [4.69, 9.17) is 5.73 Å². The first-order valence-corrected chi connectivity index (χ1v) is 5.32. The van der Waals surface area contributed by atoms with Crippen molar-refractivity contribution >= 4 is 11.3 Å². The molecule has 3 heteroatoms. The van der Waals surface area contributed by atoms with E-state index in [1.54, 1.807) is 11.3 Å². The van der Waals surface area contributed by atoms with Crippen LogP contribution in [0.1, 0.15) is 35.9 Å². The Labute approximate surface area is 76.8 Å². The molecule has 66 valence electrons. The van der Waals surface area contributed by atoms with E-state index < -0.39 is 0 Å². The van der Waals surface area contributed by atoms with Gasteiger partial charge < -0.3 is 5.73 Å². The molecule has 1 fully saturated rings. The van der Waals surface area contributed by atoms with E-state index in [9.17, 15) is 0 Å². The molecule has 0 amide bonds. The molecule has 0 saturated heterocycles. The van der Waals surface area contributed by atoms with Crippen molar-refractivity contribution in [3.05, 3.63) is 16.1 Å². The van der Waals surface area contributed by atoms with Crippen molar-refractivity contribution in [2.24, 2.45) is 11.7 Å². The van der Waals surface area contributed by atoms with Crippen LogP contribution in [-0.2, 0) is 0 Å². The maximum Gasteiger partial charge on any atom is 0.0798 e. The molecule has 12 heavy (non-hydrogen) atoms. The second kappa shape index (κ2) is 3.15. The summed E-state index contributed by atoms with van der Waals surface area (Å²) in [4.78, 5) is 5.51. The number of aromatic nitrogens is 1. The van der Waals surface area contributed by atoms with Gasteiger partial charge in [-0.1, -0.05) is 6.42 Å². The van der Waals surface area contributed by atoms with Gasteiger partial charge in [-0.25, -0.2) is 4.98 Å². The number of thiazole rings is 1. The average Bonchev–Trinajstić information content (AvgIpc) is 2.31. The highest BCUT2D eigenvalue weighted by Gasteiger charge is 2.27. The summed E-state index contributed by atoms with van der Waals surface area (Å²) in [7, 11) is 0. The van der Waals surface area contributed by atoms with Crippen molar-refractivity contribution in [3.8, 4) is 0 Å². The Kier molecular flexibility index (Phi) is 2.15. The number of nitrogens with zero attached hydrogens (tertiary/aromatic N) is 1. The minimum absolute atomic E-state index is 0.256. The van der Waals surface area contributed by atoms with Gasteiger partial charge in [0.2, 0.25) is 0 Å². The molecule has 1 unspecified atom stereocenters. The molecule has 1 aliphatic rings. The van der Waals surface area contributed by atoms with Crippen LogP contribution in [0.3, 0.4) is 0 Å². The van der Waals surface area contributed by atoms with Gasteiger partial charge in [-0.05, 0) is 25.7 Å². The summed E-state index contributed by atoms with van der Waals surface area (Å²) < 4.78 is 0. The Morgan fingerprint density at radius 2 is 2.42 bits per heavy atom. The van der Waals surface area contributed by atoms with Gasteiger partial charge >= 0.3 is 0 Å². The van der Waals surface area contributed by atoms with Crippen molar-refractivity contribution in [2.75, 3.05) is 0 Å². The summed E-state index contributed by atoms with van der Waals surface area (Å²) in [5, 5.41) is 0. The number of rotatable bonds is 2. The fourth-order valence-corrected chi connectivity index (χ4v) is 2.54. The molecule has 2 rings (SSSR count). The zero-order valence-electron chi connectivity index (χ0n) is 7.29. The molecule has 1 aliphatic carbocycles. The molecule has 2 N–H and O–H groups in total. The largest absolute Gasteiger partial charge is 0.323 e. The third kappa shape index (κ3) is 1.27. The summed E-state index contributed by atoms with van der Waals surface area (Å²) in [6.07, 6.45) is 3.97. The second-order valence-corrected chi connectivity index (χ2v) is 4.41. The molecule has 0 radical (unpaired) electrons. The van der Waals surface area contributed by atoms with Gasteiger partial charge in [-0.15, -0.1) is 11.3 Å². The van der Waals surface area contributed by atoms with Crippen molar-refractivity contribution in [2.45, 2.75) is 32.2 Å². The van der Waals surface area contributed by atoms with Crippen LogP contribution >= 0.6 is 11.3 Å². The topological polar surface area (TPSA) is 38.9 Å². The Hall–Kier alpha value is -0.410. The Morgan fingerprint density at radius 3 is 2.83 bits per heavy atom. The lowest BCUT2D eigenvalue weighted by atomic mass is 9.79. The monoisotopic (exact) mass is 182 g/mol. The van der Waals surface area contributed by atoms with E-state index in [1.807, 2.05) is 12.4 Å². The van der Waals surface area contributed by atoms with Gasteiger partial charge in [0, 0.05) is 10.9 Å². The smallest absolute Gasteiger partial charge is 0.0798 e. The Bertz CT molecular complexity index is 265. The molecule has 1 aromatic heterocycles. The highest BCUT2D eigenvalue weighted by atomic mass is 32.1. The van der Waals surface area contributed by atoms with Crippen LogP contribution in [-0.4, -0.2) is 4.98 Å². The zero-order valence-corrected chi connectivity index (χ0v) is 8.10. The number of aryl methyl sites for hydroxylation is 1. The van der Waals surface area contributed by atoms with Crippen LogP contribution in [0, 0.1) is 12.8 Å². The molecule has 1 aromatic rings. The van der Waals surface area contributed by atoms with Crippen LogP contribution in [0.4, 0.5) is 0 Å². The first-order valence-electron chi connectivity index (χ1n) is 4.44. The molecule has 0 aliphatic heterocycles. The van der Waals surface area contributed by atoms with Gasteiger partial charge in [0.05, 0.1) is 11.2 Å². The average molecular weight is 182 g/mol. The van der Waals surface area contributed by atoms with Crippen molar-refractivity contribution in [1.82, 2.24) is 4.98 Å². The summed E-state index contributed by atoms with van der Waals surface area (Å²) in [6.45, 7) is 2.05. The highest BCUT2D eigenvalue weighted by molar-refractivity contribution is 7.09. The molecule has 0 bridgehead atoms. The number of nitrogens with two attached hydrogens (primary N) is 1. The molecule has 0 spiro atoms. The van der Waals surface area contributed by atoms with E-state index in [0.717, 1.165) is 11.6 Å². The first kappa shape index (κ1) is 8.20. The minimum atomic E-state index is 0.256. The van der Waals surface area contributed by atoms with Crippen LogP contribution in [0.15, 0.2) is 5.51 Å². The lowest BCUT2D eigenvalue weighted by molar-refractivity contribution is 0.266. The molecule has 2 nitrogen and oxygen atoms in total. The normalized spacial score (nSPS) is 20.5. The minimum Gasteiger partial charge on any atom is -0.323 e. The zero-order chi connectivity index (χ0) is 8.55. The van der Waals surface area contributed by atoms with Crippen molar-refractivity contribution in [1.29, 1.82) is 0 Å². The molecule has 1 heterocycles. The van der Waals surface area contributed by atoms with Gasteiger partial charge in [0.1, 0.15) is 0 Å². The van der Waals surface area contributed by atoms with E-state index >= 15 is 0 Å². The molecule has 1 atom stereocenters. The summed E-state index contributed by atoms with van der Waals surface area (Å²) in [6, 6.07) is 0.256. The highest BCUT2D eigenvalue weighted by Crippen LogP contribution is 2.38. The molecular formula is C9H14N2S. The van der Waals surface area contributed by atoms with Gasteiger partial charge in [0.25, 0.3) is 0 Å². The standard InChI is InChI=1S/C9H14N2S/c1-6-9(12-5-11-6)8(10)7-3-2-4-7/h5,7-8H,2-4,10H2,1H3. The van der Waals surface area contributed by atoms with Gasteiger partial charge in [0.15, 0.2) is 0 Å². The second-order valence-electron chi connectivity index (χ2n) is 3.52. The quantitative estimate of drug-likeness (QED) is 0.762. The van der Waals surface area contributed by atoms with Gasteiger partial charge in [-0.3, -0.25) is 0 Å². The van der Waals surface area contributed by atoms with Crippen molar-refractivity contribution < 1.29 is 0 Å². The fraction of sp³-hybridized carbons (Fsp3) is 0.667. The predicted molar refractivity (Wildman–Crippen MR) is 51.1 cm³/mol. The fourth-order valence-electron chi connectivity index (χ4n) is 1.64. The third-order valence-corrected chi connectivity index (χ3v) is 3.78.